The van der Waals surface area contributed by atoms with E-state index in [1.807, 2.05) is 51.1 Å². The Hall–Kier alpha value is -3.48. The zero-order valence-corrected chi connectivity index (χ0v) is 17.5. The highest BCUT2D eigenvalue weighted by Crippen LogP contribution is 2.16. The summed E-state index contributed by atoms with van der Waals surface area (Å²) in [5.74, 6) is -0.614. The van der Waals surface area contributed by atoms with Gasteiger partial charge < -0.3 is 10.2 Å². The Bertz CT molecular complexity index is 1110. The summed E-state index contributed by atoms with van der Waals surface area (Å²) < 4.78 is 1.31. The van der Waals surface area contributed by atoms with Crippen molar-refractivity contribution in [1.29, 1.82) is 0 Å². The second-order valence-electron chi connectivity index (χ2n) is 7.38. The van der Waals surface area contributed by atoms with Gasteiger partial charge in [0.05, 0.1) is 18.5 Å². The topological polar surface area (TPSA) is 84.3 Å². The minimum absolute atomic E-state index is 0.0157. The molecule has 3 rings (SSSR count). The molecule has 0 aliphatic carbocycles. The van der Waals surface area contributed by atoms with E-state index in [0.29, 0.717) is 17.3 Å². The van der Waals surface area contributed by atoms with Gasteiger partial charge in [0.1, 0.15) is 0 Å². The van der Waals surface area contributed by atoms with Gasteiger partial charge in [0.25, 0.3) is 11.5 Å². The lowest BCUT2D eigenvalue weighted by molar-refractivity contribution is -0.122. The number of amides is 2. The standard InChI is InChI=1S/C23H26N4O3/c1-4-26(15-20(28)24-16(2)3)23(30)21-18-12-8-9-13-19(18)22(29)27(25-21)14-17-10-6-5-7-11-17/h5-13,16H,4,14-15H2,1-3H3,(H,24,28). The quantitative estimate of drug-likeness (QED) is 0.653. The third-order valence-electron chi connectivity index (χ3n) is 4.70. The van der Waals surface area contributed by atoms with Gasteiger partial charge >= 0.3 is 0 Å². The number of fused-ring (bicyclic) bond motifs is 1. The van der Waals surface area contributed by atoms with E-state index >= 15 is 0 Å². The SMILES string of the molecule is CCN(CC(=O)NC(C)C)C(=O)c1nn(Cc2ccccc2)c(=O)c2ccccc12. The van der Waals surface area contributed by atoms with Crippen LogP contribution in [-0.2, 0) is 11.3 Å². The van der Waals surface area contributed by atoms with Crippen molar-refractivity contribution in [2.24, 2.45) is 0 Å². The van der Waals surface area contributed by atoms with Gasteiger partial charge in [-0.1, -0.05) is 48.5 Å². The highest BCUT2D eigenvalue weighted by molar-refractivity contribution is 6.05. The highest BCUT2D eigenvalue weighted by atomic mass is 16.2. The van der Waals surface area contributed by atoms with Gasteiger partial charge in [0, 0.05) is 18.0 Å². The number of rotatable bonds is 7. The molecule has 2 amide bonds. The normalized spacial score (nSPS) is 10.9. The first-order chi connectivity index (χ1) is 14.4. The second kappa shape index (κ2) is 9.35. The lowest BCUT2D eigenvalue weighted by Gasteiger charge is -2.22. The largest absolute Gasteiger partial charge is 0.352 e. The predicted octanol–water partition coefficient (Wildman–Crippen LogP) is 2.43. The number of nitrogens with one attached hydrogen (secondary N) is 1. The number of hydrogen-bond acceptors (Lipinski definition) is 4. The van der Waals surface area contributed by atoms with Gasteiger partial charge in [-0.3, -0.25) is 14.4 Å². The van der Waals surface area contributed by atoms with Gasteiger partial charge in [0.2, 0.25) is 5.91 Å². The van der Waals surface area contributed by atoms with E-state index in [1.54, 1.807) is 24.3 Å². The molecule has 156 valence electrons. The molecular weight excluding hydrogens is 380 g/mol. The van der Waals surface area contributed by atoms with Crippen LogP contribution in [0.4, 0.5) is 0 Å². The molecular formula is C23H26N4O3. The molecule has 1 N–H and O–H groups in total. The maximum absolute atomic E-state index is 13.3. The summed E-state index contributed by atoms with van der Waals surface area (Å²) in [5.41, 5.74) is 0.816. The number of carbonyl (C=O) groups excluding carboxylic acids is 2. The Morgan fingerprint density at radius 3 is 2.30 bits per heavy atom. The zero-order valence-electron chi connectivity index (χ0n) is 17.5. The van der Waals surface area contributed by atoms with Gasteiger partial charge in [0.15, 0.2) is 5.69 Å². The lowest BCUT2D eigenvalue weighted by atomic mass is 10.1. The van der Waals surface area contributed by atoms with E-state index in [1.165, 1.54) is 9.58 Å². The second-order valence-corrected chi connectivity index (χ2v) is 7.38. The molecule has 0 atom stereocenters. The molecule has 7 nitrogen and oxygen atoms in total. The van der Waals surface area contributed by atoms with Crippen molar-refractivity contribution in [2.75, 3.05) is 13.1 Å². The Kier molecular flexibility index (Phi) is 6.61. The van der Waals surface area contributed by atoms with Gasteiger partial charge in [-0.25, -0.2) is 4.68 Å². The monoisotopic (exact) mass is 406 g/mol. The van der Waals surface area contributed by atoms with Crippen LogP contribution in [0.25, 0.3) is 10.8 Å². The minimum Gasteiger partial charge on any atom is -0.352 e. The van der Waals surface area contributed by atoms with Crippen LogP contribution in [0.1, 0.15) is 36.8 Å². The fourth-order valence-electron chi connectivity index (χ4n) is 3.27. The fourth-order valence-corrected chi connectivity index (χ4v) is 3.27. The molecule has 0 bridgehead atoms. The molecule has 0 saturated heterocycles. The summed E-state index contributed by atoms with van der Waals surface area (Å²) in [5, 5.41) is 8.12. The van der Waals surface area contributed by atoms with E-state index in [-0.39, 0.29) is 42.2 Å². The average molecular weight is 406 g/mol. The summed E-state index contributed by atoms with van der Waals surface area (Å²) in [6.07, 6.45) is 0. The molecule has 0 unspecified atom stereocenters. The number of benzene rings is 2. The fraction of sp³-hybridized carbons (Fsp3) is 0.304. The van der Waals surface area contributed by atoms with Crippen LogP contribution in [0.3, 0.4) is 0 Å². The van der Waals surface area contributed by atoms with E-state index < -0.39 is 0 Å². The zero-order chi connectivity index (χ0) is 21.7. The van der Waals surface area contributed by atoms with Crippen LogP contribution < -0.4 is 10.9 Å². The number of nitrogens with zero attached hydrogens (tertiary/aromatic N) is 3. The van der Waals surface area contributed by atoms with Crippen LogP contribution >= 0.6 is 0 Å². The van der Waals surface area contributed by atoms with E-state index in [9.17, 15) is 14.4 Å². The Morgan fingerprint density at radius 1 is 1.03 bits per heavy atom. The summed E-state index contributed by atoms with van der Waals surface area (Å²) in [6.45, 7) is 6.07. The van der Waals surface area contributed by atoms with Crippen LogP contribution in [0.5, 0.6) is 0 Å². The van der Waals surface area contributed by atoms with Crippen molar-refractivity contribution < 1.29 is 9.59 Å². The van der Waals surface area contributed by atoms with E-state index in [4.69, 9.17) is 0 Å². The van der Waals surface area contributed by atoms with Gasteiger partial charge in [-0.15, -0.1) is 0 Å². The summed E-state index contributed by atoms with van der Waals surface area (Å²) >= 11 is 0. The first-order valence-electron chi connectivity index (χ1n) is 10.0. The molecule has 3 aromatic rings. The molecule has 2 aromatic carbocycles. The summed E-state index contributed by atoms with van der Waals surface area (Å²) in [6, 6.07) is 16.4. The van der Waals surface area contributed by atoms with Crippen molar-refractivity contribution in [1.82, 2.24) is 20.0 Å². The molecule has 0 fully saturated rings. The maximum Gasteiger partial charge on any atom is 0.275 e. The van der Waals surface area contributed by atoms with Crippen LogP contribution in [0.15, 0.2) is 59.4 Å². The Balaban J connectivity index is 2.03. The maximum atomic E-state index is 13.3. The third-order valence-corrected chi connectivity index (χ3v) is 4.70. The molecule has 0 spiro atoms. The number of carbonyl (C=O) groups is 2. The predicted molar refractivity (Wildman–Crippen MR) is 116 cm³/mol. The first kappa shape index (κ1) is 21.2. The Labute approximate surface area is 175 Å². The highest BCUT2D eigenvalue weighted by Gasteiger charge is 2.23. The summed E-state index contributed by atoms with van der Waals surface area (Å²) in [4.78, 5) is 39.9. The Morgan fingerprint density at radius 2 is 1.67 bits per heavy atom. The summed E-state index contributed by atoms with van der Waals surface area (Å²) in [7, 11) is 0. The van der Waals surface area contributed by atoms with Crippen molar-refractivity contribution >= 4 is 22.6 Å². The van der Waals surface area contributed by atoms with E-state index in [2.05, 4.69) is 10.4 Å². The van der Waals surface area contributed by atoms with Gasteiger partial charge in [-0.05, 0) is 32.4 Å². The number of hydrogen-bond donors (Lipinski definition) is 1. The van der Waals surface area contributed by atoms with Gasteiger partial charge in [-0.2, -0.15) is 5.10 Å². The molecule has 1 heterocycles. The van der Waals surface area contributed by atoms with Crippen LogP contribution in [0.2, 0.25) is 0 Å². The molecule has 0 aliphatic heterocycles. The minimum atomic E-state index is -0.380. The smallest absolute Gasteiger partial charge is 0.275 e. The molecule has 0 aliphatic rings. The molecule has 7 heteroatoms. The first-order valence-corrected chi connectivity index (χ1v) is 10.0. The van der Waals surface area contributed by atoms with Crippen molar-refractivity contribution in [3.63, 3.8) is 0 Å². The molecule has 0 radical (unpaired) electrons. The lowest BCUT2D eigenvalue weighted by Crippen LogP contribution is -2.43. The molecule has 1 aromatic heterocycles. The van der Waals surface area contributed by atoms with Crippen molar-refractivity contribution in [3.8, 4) is 0 Å². The van der Waals surface area contributed by atoms with Crippen molar-refractivity contribution in [3.05, 3.63) is 76.2 Å². The average Bonchev–Trinajstić information content (AvgIpc) is 2.74. The third kappa shape index (κ3) is 4.74. The van der Waals surface area contributed by atoms with E-state index in [0.717, 1.165) is 5.56 Å². The molecule has 0 saturated carbocycles. The molecule has 30 heavy (non-hydrogen) atoms. The van der Waals surface area contributed by atoms with Crippen molar-refractivity contribution in [2.45, 2.75) is 33.4 Å². The number of aromatic nitrogens is 2. The van der Waals surface area contributed by atoms with Crippen LogP contribution in [0, 0.1) is 0 Å². The number of likely N-dealkylation sites (N-methyl/N-ethyl adjacent to an activating group) is 1. The van der Waals surface area contributed by atoms with Crippen LogP contribution in [-0.4, -0.2) is 45.6 Å².